The molecule has 156 valence electrons. The van der Waals surface area contributed by atoms with Crippen molar-refractivity contribution in [3.05, 3.63) is 89.9 Å². The third-order valence-corrected chi connectivity index (χ3v) is 4.95. The van der Waals surface area contributed by atoms with Crippen molar-refractivity contribution in [1.29, 1.82) is 0 Å². The highest BCUT2D eigenvalue weighted by molar-refractivity contribution is 6.36. The molecule has 4 rings (SSSR count). The minimum absolute atomic E-state index is 0.0744. The van der Waals surface area contributed by atoms with Gasteiger partial charge in [0.1, 0.15) is 17.2 Å². The van der Waals surface area contributed by atoms with Crippen LogP contribution in [0.2, 0.25) is 0 Å². The van der Waals surface area contributed by atoms with E-state index in [0.29, 0.717) is 28.4 Å². The first-order valence-electron chi connectivity index (χ1n) is 9.67. The number of benzene rings is 2. The number of anilines is 1. The third-order valence-electron chi connectivity index (χ3n) is 4.95. The van der Waals surface area contributed by atoms with Gasteiger partial charge < -0.3 is 14.8 Å². The van der Waals surface area contributed by atoms with E-state index in [9.17, 15) is 9.59 Å². The maximum absolute atomic E-state index is 13.4. The van der Waals surface area contributed by atoms with E-state index in [1.54, 1.807) is 67.9 Å². The van der Waals surface area contributed by atoms with Crippen LogP contribution in [0.25, 0.3) is 5.57 Å². The fraction of sp³-hybridized carbons (Fsp3) is 0.125. The number of nitrogens with one attached hydrogen (secondary N) is 1. The van der Waals surface area contributed by atoms with Gasteiger partial charge in [-0.05, 0) is 42.5 Å². The zero-order valence-electron chi connectivity index (χ0n) is 17.2. The fourth-order valence-electron chi connectivity index (χ4n) is 3.41. The van der Waals surface area contributed by atoms with Gasteiger partial charge >= 0.3 is 0 Å². The van der Waals surface area contributed by atoms with Crippen LogP contribution in [0.1, 0.15) is 11.3 Å². The average Bonchev–Trinajstić information content (AvgIpc) is 3.04. The van der Waals surface area contributed by atoms with Crippen molar-refractivity contribution in [3.8, 4) is 11.5 Å². The molecule has 2 amide bonds. The van der Waals surface area contributed by atoms with E-state index in [1.165, 1.54) is 12.0 Å². The van der Waals surface area contributed by atoms with Gasteiger partial charge in [0.2, 0.25) is 0 Å². The van der Waals surface area contributed by atoms with Crippen LogP contribution >= 0.6 is 0 Å². The number of nitrogens with zero attached hydrogens (tertiary/aromatic N) is 2. The molecule has 0 saturated carbocycles. The monoisotopic (exact) mass is 415 g/mol. The van der Waals surface area contributed by atoms with Gasteiger partial charge in [-0.25, -0.2) is 0 Å². The highest BCUT2D eigenvalue weighted by Gasteiger charge is 2.40. The number of para-hydroxylation sites is 1. The molecule has 0 bridgehead atoms. The zero-order valence-corrected chi connectivity index (χ0v) is 17.2. The number of hydrogen-bond donors (Lipinski definition) is 1. The Kier molecular flexibility index (Phi) is 5.66. The molecule has 7 heteroatoms. The van der Waals surface area contributed by atoms with E-state index in [-0.39, 0.29) is 17.8 Å². The Labute approximate surface area is 179 Å². The second-order valence-electron chi connectivity index (χ2n) is 6.82. The Hall–Kier alpha value is -4.13. The lowest BCUT2D eigenvalue weighted by Crippen LogP contribution is -2.32. The van der Waals surface area contributed by atoms with Gasteiger partial charge in [-0.3, -0.25) is 19.5 Å². The number of carbonyl (C=O) groups is 2. The molecule has 0 spiro atoms. The molecule has 2 heterocycles. The molecule has 7 nitrogen and oxygen atoms in total. The topological polar surface area (TPSA) is 80.8 Å². The van der Waals surface area contributed by atoms with E-state index in [2.05, 4.69) is 10.3 Å². The normalized spacial score (nSPS) is 13.5. The molecule has 1 aliphatic rings. The highest BCUT2D eigenvalue weighted by atomic mass is 16.5. The summed E-state index contributed by atoms with van der Waals surface area (Å²) < 4.78 is 10.6. The Morgan fingerprint density at radius 1 is 0.871 bits per heavy atom. The fourth-order valence-corrected chi connectivity index (χ4v) is 3.41. The van der Waals surface area contributed by atoms with E-state index in [0.717, 1.165) is 0 Å². The smallest absolute Gasteiger partial charge is 0.278 e. The molecule has 0 unspecified atom stereocenters. The lowest BCUT2D eigenvalue weighted by Gasteiger charge is -2.15. The standard InChI is InChI=1S/C24H21N3O4/c1-30-18-12-10-16(11-13-18)26-22-21(19-8-3-4-9-20(19)31-2)23(28)27(24(22)29)15-17-7-5-6-14-25-17/h3-14,26H,15H2,1-2H3. The SMILES string of the molecule is COc1ccc(NC2=C(c3ccccc3OC)C(=O)N(Cc3ccccn3)C2=O)cc1. The minimum atomic E-state index is -0.424. The molecular formula is C24H21N3O4. The molecule has 1 aromatic heterocycles. The number of pyridine rings is 1. The molecule has 0 radical (unpaired) electrons. The second-order valence-corrected chi connectivity index (χ2v) is 6.82. The molecule has 0 aliphatic carbocycles. The summed E-state index contributed by atoms with van der Waals surface area (Å²) in [5, 5.41) is 3.12. The zero-order chi connectivity index (χ0) is 21.8. The lowest BCUT2D eigenvalue weighted by molar-refractivity contribution is -0.137. The summed E-state index contributed by atoms with van der Waals surface area (Å²) in [7, 11) is 3.11. The van der Waals surface area contributed by atoms with Crippen molar-refractivity contribution >= 4 is 23.1 Å². The van der Waals surface area contributed by atoms with Gasteiger partial charge in [-0.2, -0.15) is 0 Å². The maximum Gasteiger partial charge on any atom is 0.278 e. The first-order valence-corrected chi connectivity index (χ1v) is 9.67. The number of aromatic nitrogens is 1. The van der Waals surface area contributed by atoms with Crippen molar-refractivity contribution in [2.75, 3.05) is 19.5 Å². The number of carbonyl (C=O) groups excluding carboxylic acids is 2. The average molecular weight is 415 g/mol. The number of methoxy groups -OCH3 is 2. The molecule has 2 aromatic carbocycles. The summed E-state index contributed by atoms with van der Waals surface area (Å²) in [5.41, 5.74) is 2.27. The van der Waals surface area contributed by atoms with Crippen molar-refractivity contribution in [1.82, 2.24) is 9.88 Å². The summed E-state index contributed by atoms with van der Waals surface area (Å²) in [6.07, 6.45) is 1.63. The summed E-state index contributed by atoms with van der Waals surface area (Å²) >= 11 is 0. The van der Waals surface area contributed by atoms with Crippen LogP contribution in [0.15, 0.2) is 78.6 Å². The first kappa shape index (κ1) is 20.2. The predicted octanol–water partition coefficient (Wildman–Crippen LogP) is 3.49. The van der Waals surface area contributed by atoms with Gasteiger partial charge in [0.15, 0.2) is 0 Å². The Morgan fingerprint density at radius 2 is 1.61 bits per heavy atom. The molecule has 31 heavy (non-hydrogen) atoms. The van der Waals surface area contributed by atoms with E-state index >= 15 is 0 Å². The van der Waals surface area contributed by atoms with Gasteiger partial charge in [-0.15, -0.1) is 0 Å². The number of amides is 2. The van der Waals surface area contributed by atoms with Crippen molar-refractivity contribution in [2.24, 2.45) is 0 Å². The number of rotatable bonds is 7. The Bertz CT molecular complexity index is 1140. The van der Waals surface area contributed by atoms with Crippen molar-refractivity contribution in [2.45, 2.75) is 6.54 Å². The summed E-state index contributed by atoms with van der Waals surface area (Å²) in [6, 6.07) is 19.6. The summed E-state index contributed by atoms with van der Waals surface area (Å²) in [5.74, 6) is 0.367. The van der Waals surface area contributed by atoms with Gasteiger partial charge in [0.05, 0.1) is 32.0 Å². The molecule has 0 atom stereocenters. The highest BCUT2D eigenvalue weighted by Crippen LogP contribution is 2.35. The van der Waals surface area contributed by atoms with Crippen LogP contribution in [0.3, 0.4) is 0 Å². The molecule has 1 aliphatic heterocycles. The lowest BCUT2D eigenvalue weighted by atomic mass is 10.0. The van der Waals surface area contributed by atoms with Crippen LogP contribution < -0.4 is 14.8 Å². The summed E-state index contributed by atoms with van der Waals surface area (Å²) in [4.78, 5) is 32.2. The van der Waals surface area contributed by atoms with Crippen LogP contribution in [-0.4, -0.2) is 35.9 Å². The van der Waals surface area contributed by atoms with E-state index < -0.39 is 11.8 Å². The largest absolute Gasteiger partial charge is 0.497 e. The predicted molar refractivity (Wildman–Crippen MR) is 116 cm³/mol. The molecule has 0 saturated heterocycles. The summed E-state index contributed by atoms with van der Waals surface area (Å²) in [6.45, 7) is 0.0744. The Morgan fingerprint density at radius 3 is 2.29 bits per heavy atom. The minimum Gasteiger partial charge on any atom is -0.497 e. The third kappa shape index (κ3) is 3.98. The van der Waals surface area contributed by atoms with Gasteiger partial charge in [0.25, 0.3) is 11.8 Å². The number of ether oxygens (including phenoxy) is 2. The quantitative estimate of drug-likeness (QED) is 0.595. The molecule has 1 N–H and O–H groups in total. The van der Waals surface area contributed by atoms with Crippen LogP contribution in [0, 0.1) is 0 Å². The van der Waals surface area contributed by atoms with Crippen LogP contribution in [0.4, 0.5) is 5.69 Å². The van der Waals surface area contributed by atoms with Crippen molar-refractivity contribution in [3.63, 3.8) is 0 Å². The second kappa shape index (κ2) is 8.71. The van der Waals surface area contributed by atoms with E-state index in [4.69, 9.17) is 9.47 Å². The molecule has 3 aromatic rings. The van der Waals surface area contributed by atoms with Gasteiger partial charge in [0, 0.05) is 17.4 Å². The maximum atomic E-state index is 13.4. The van der Waals surface area contributed by atoms with Crippen LogP contribution in [0.5, 0.6) is 11.5 Å². The van der Waals surface area contributed by atoms with Crippen LogP contribution in [-0.2, 0) is 16.1 Å². The number of imide groups is 1. The Balaban J connectivity index is 1.76. The molecule has 0 fully saturated rings. The van der Waals surface area contributed by atoms with E-state index in [1.807, 2.05) is 12.1 Å². The number of hydrogen-bond acceptors (Lipinski definition) is 6. The van der Waals surface area contributed by atoms with Crippen molar-refractivity contribution < 1.29 is 19.1 Å². The molecular weight excluding hydrogens is 394 g/mol. The van der Waals surface area contributed by atoms with Gasteiger partial charge in [-0.1, -0.05) is 24.3 Å². The first-order chi connectivity index (χ1) is 15.1.